The molecule has 0 unspecified atom stereocenters. The first kappa shape index (κ1) is 21.2. The Balaban J connectivity index is 1.56. The second-order valence-electron chi connectivity index (χ2n) is 7.95. The zero-order valence-corrected chi connectivity index (χ0v) is 18.7. The Morgan fingerprint density at radius 2 is 1.71 bits per heavy atom. The minimum absolute atomic E-state index is 0.0914. The number of para-hydroxylation sites is 1. The zero-order valence-electron chi connectivity index (χ0n) is 18.0. The molecule has 1 N–H and O–H groups in total. The Kier molecular flexibility index (Phi) is 6.43. The van der Waals surface area contributed by atoms with Crippen molar-refractivity contribution in [2.24, 2.45) is 0 Å². The molecule has 0 aliphatic carbocycles. The molecule has 0 aliphatic rings. The fourth-order valence-electron chi connectivity index (χ4n) is 4.10. The molecule has 1 aromatic heterocycles. The summed E-state index contributed by atoms with van der Waals surface area (Å²) in [6.07, 6.45) is 1.75. The molecule has 158 valence electrons. The van der Waals surface area contributed by atoms with Crippen LogP contribution in [-0.2, 0) is 13.0 Å². The average molecular weight is 431 g/mol. The van der Waals surface area contributed by atoms with Gasteiger partial charge < -0.3 is 9.88 Å². The molecule has 0 saturated heterocycles. The highest BCUT2D eigenvalue weighted by Crippen LogP contribution is 2.27. The lowest BCUT2D eigenvalue weighted by Gasteiger charge is -2.09. The van der Waals surface area contributed by atoms with Gasteiger partial charge in [0.1, 0.15) is 0 Å². The molecule has 0 saturated carbocycles. The minimum Gasteiger partial charge on any atom is -0.345 e. The number of nitrogens with one attached hydrogen (secondary N) is 1. The molecule has 0 aliphatic heterocycles. The maximum Gasteiger partial charge on any atom is 0.255 e. The molecule has 4 heteroatoms. The quantitative estimate of drug-likeness (QED) is 0.324. The van der Waals surface area contributed by atoms with Crippen LogP contribution < -0.4 is 5.32 Å². The maximum absolute atomic E-state index is 12.6. The molecular formula is C27H27ClN2O. The molecule has 0 radical (unpaired) electrons. The van der Waals surface area contributed by atoms with Gasteiger partial charge in [0.25, 0.3) is 5.91 Å². The highest BCUT2D eigenvalue weighted by atomic mass is 35.5. The number of carbonyl (C=O) groups excluding carboxylic acids is 1. The third kappa shape index (κ3) is 4.67. The summed E-state index contributed by atoms with van der Waals surface area (Å²) in [4.78, 5) is 12.6. The molecule has 1 heterocycles. The van der Waals surface area contributed by atoms with Gasteiger partial charge in [-0.25, -0.2) is 0 Å². The molecule has 4 aromatic rings. The molecule has 0 bridgehead atoms. The summed E-state index contributed by atoms with van der Waals surface area (Å²) in [5, 5.41) is 4.25. The predicted molar refractivity (Wildman–Crippen MR) is 130 cm³/mol. The number of alkyl halides is 1. The third-order valence-electron chi connectivity index (χ3n) is 5.85. The fourth-order valence-corrected chi connectivity index (χ4v) is 4.22. The van der Waals surface area contributed by atoms with Gasteiger partial charge in [-0.2, -0.15) is 0 Å². The van der Waals surface area contributed by atoms with E-state index in [1.165, 1.54) is 27.7 Å². The van der Waals surface area contributed by atoms with Crippen LogP contribution in [-0.4, -0.2) is 16.4 Å². The van der Waals surface area contributed by atoms with Crippen molar-refractivity contribution in [2.45, 2.75) is 33.2 Å². The number of anilines is 1. The summed E-state index contributed by atoms with van der Waals surface area (Å²) in [6, 6.07) is 24.1. The van der Waals surface area contributed by atoms with Crippen molar-refractivity contribution in [1.82, 2.24) is 4.57 Å². The van der Waals surface area contributed by atoms with Crippen LogP contribution in [0, 0.1) is 13.8 Å². The van der Waals surface area contributed by atoms with E-state index in [1.807, 2.05) is 48.5 Å². The molecule has 3 aromatic carbocycles. The lowest BCUT2D eigenvalue weighted by atomic mass is 10.0. The monoisotopic (exact) mass is 430 g/mol. The summed E-state index contributed by atoms with van der Waals surface area (Å²) in [5.74, 6) is 0.580. The molecule has 1 amide bonds. The SMILES string of the molecule is Cc1c(C)n(CCCCl)c2ccc(Cc3cccc(C(=O)Nc4ccccc4)c3)cc12. The number of amides is 1. The Morgan fingerprint density at radius 1 is 0.935 bits per heavy atom. The summed E-state index contributed by atoms with van der Waals surface area (Å²) < 4.78 is 2.37. The van der Waals surface area contributed by atoms with Crippen molar-refractivity contribution in [3.8, 4) is 0 Å². The molecule has 0 atom stereocenters. The van der Waals surface area contributed by atoms with Gasteiger partial charge in [-0.05, 0) is 79.8 Å². The maximum atomic E-state index is 12.6. The van der Waals surface area contributed by atoms with Gasteiger partial charge in [-0.1, -0.05) is 36.4 Å². The largest absolute Gasteiger partial charge is 0.345 e. The number of rotatable bonds is 7. The van der Waals surface area contributed by atoms with Gasteiger partial charge in [0.15, 0.2) is 0 Å². The predicted octanol–water partition coefficient (Wildman–Crippen LogP) is 6.73. The number of benzene rings is 3. The van der Waals surface area contributed by atoms with E-state index in [0.29, 0.717) is 11.4 Å². The van der Waals surface area contributed by atoms with E-state index in [1.54, 1.807) is 0 Å². The number of aromatic nitrogens is 1. The van der Waals surface area contributed by atoms with Gasteiger partial charge in [0.05, 0.1) is 0 Å². The topological polar surface area (TPSA) is 34.0 Å². The molecular weight excluding hydrogens is 404 g/mol. The Hall–Kier alpha value is -3.04. The van der Waals surface area contributed by atoms with E-state index in [4.69, 9.17) is 11.6 Å². The normalized spacial score (nSPS) is 11.1. The number of aryl methyl sites for hydroxylation is 2. The first-order valence-corrected chi connectivity index (χ1v) is 11.2. The smallest absolute Gasteiger partial charge is 0.255 e. The Bertz CT molecular complexity index is 1210. The highest BCUT2D eigenvalue weighted by molar-refractivity contribution is 6.17. The van der Waals surface area contributed by atoms with Crippen LogP contribution in [0.15, 0.2) is 72.8 Å². The lowest BCUT2D eigenvalue weighted by Crippen LogP contribution is -2.12. The number of nitrogens with zero attached hydrogens (tertiary/aromatic N) is 1. The summed E-state index contributed by atoms with van der Waals surface area (Å²) in [7, 11) is 0. The minimum atomic E-state index is -0.0914. The van der Waals surface area contributed by atoms with Crippen molar-refractivity contribution in [2.75, 3.05) is 11.2 Å². The van der Waals surface area contributed by atoms with Crippen LogP contribution in [0.2, 0.25) is 0 Å². The van der Waals surface area contributed by atoms with E-state index < -0.39 is 0 Å². The van der Waals surface area contributed by atoms with Crippen LogP contribution in [0.3, 0.4) is 0 Å². The highest BCUT2D eigenvalue weighted by Gasteiger charge is 2.12. The zero-order chi connectivity index (χ0) is 21.8. The fraction of sp³-hybridized carbons (Fsp3) is 0.222. The van der Waals surface area contributed by atoms with Crippen LogP contribution >= 0.6 is 11.6 Å². The number of hydrogen-bond donors (Lipinski definition) is 1. The van der Waals surface area contributed by atoms with Gasteiger partial charge in [0, 0.05) is 40.3 Å². The van der Waals surface area contributed by atoms with Crippen LogP contribution in [0.25, 0.3) is 10.9 Å². The van der Waals surface area contributed by atoms with Gasteiger partial charge >= 0.3 is 0 Å². The first-order valence-electron chi connectivity index (χ1n) is 10.7. The molecule has 31 heavy (non-hydrogen) atoms. The van der Waals surface area contributed by atoms with Crippen molar-refractivity contribution in [3.05, 3.63) is 101 Å². The van der Waals surface area contributed by atoms with Gasteiger partial charge in [-0.15, -0.1) is 11.6 Å². The van der Waals surface area contributed by atoms with E-state index in [0.717, 1.165) is 30.6 Å². The number of fused-ring (bicyclic) bond motifs is 1. The summed E-state index contributed by atoms with van der Waals surface area (Å²) >= 11 is 5.92. The molecule has 4 rings (SSSR count). The molecule has 0 fully saturated rings. The molecule has 0 spiro atoms. The van der Waals surface area contributed by atoms with Crippen molar-refractivity contribution >= 4 is 34.1 Å². The van der Waals surface area contributed by atoms with Crippen molar-refractivity contribution < 1.29 is 4.79 Å². The van der Waals surface area contributed by atoms with Crippen molar-refractivity contribution in [3.63, 3.8) is 0 Å². The second kappa shape index (κ2) is 9.40. The number of halogens is 1. The van der Waals surface area contributed by atoms with Crippen molar-refractivity contribution in [1.29, 1.82) is 0 Å². The lowest BCUT2D eigenvalue weighted by molar-refractivity contribution is 0.102. The number of carbonyl (C=O) groups is 1. The Morgan fingerprint density at radius 3 is 2.48 bits per heavy atom. The standard InChI is InChI=1S/C27H27ClN2O/c1-19-20(2)30(15-7-14-28)26-13-12-22(18-25(19)26)16-21-8-6-9-23(17-21)27(31)29-24-10-4-3-5-11-24/h3-6,8-13,17-18H,7,14-16H2,1-2H3,(H,29,31). The van der Waals surface area contributed by atoms with Crippen LogP contribution in [0.4, 0.5) is 5.69 Å². The van der Waals surface area contributed by atoms with Crippen LogP contribution in [0.5, 0.6) is 0 Å². The van der Waals surface area contributed by atoms with E-state index >= 15 is 0 Å². The van der Waals surface area contributed by atoms with E-state index in [9.17, 15) is 4.79 Å². The van der Waals surface area contributed by atoms with E-state index in [2.05, 4.69) is 48.0 Å². The molecule has 3 nitrogen and oxygen atoms in total. The summed E-state index contributed by atoms with van der Waals surface area (Å²) in [5.41, 5.74) is 7.72. The summed E-state index contributed by atoms with van der Waals surface area (Å²) in [6.45, 7) is 5.31. The second-order valence-corrected chi connectivity index (χ2v) is 8.33. The third-order valence-corrected chi connectivity index (χ3v) is 6.12. The first-order chi connectivity index (χ1) is 15.1. The van der Waals surface area contributed by atoms with Gasteiger partial charge in [0.2, 0.25) is 0 Å². The average Bonchev–Trinajstić information content (AvgIpc) is 3.02. The van der Waals surface area contributed by atoms with E-state index in [-0.39, 0.29) is 5.91 Å². The number of hydrogen-bond acceptors (Lipinski definition) is 1. The Labute approximate surface area is 188 Å². The van der Waals surface area contributed by atoms with Gasteiger partial charge in [-0.3, -0.25) is 4.79 Å². The van der Waals surface area contributed by atoms with Crippen LogP contribution in [0.1, 0.15) is 39.2 Å².